The number of aromatic nitrogens is 1. The van der Waals surface area contributed by atoms with Crippen molar-refractivity contribution in [2.45, 2.75) is 58.5 Å². The fraction of sp³-hybridized carbons (Fsp3) is 0.769. The van der Waals surface area contributed by atoms with Crippen LogP contribution in [0.5, 0.6) is 0 Å². The maximum atomic E-state index is 5.24. The predicted molar refractivity (Wildman–Crippen MR) is 64.1 cm³/mol. The summed E-state index contributed by atoms with van der Waals surface area (Å²) < 4.78 is 5.24. The Labute approximate surface area is 97.6 Å². The van der Waals surface area contributed by atoms with Crippen molar-refractivity contribution in [2.24, 2.45) is 5.92 Å². The van der Waals surface area contributed by atoms with Gasteiger partial charge < -0.3 is 9.84 Å². The lowest BCUT2D eigenvalue weighted by Crippen LogP contribution is -2.29. The molecule has 0 radical (unpaired) electrons. The van der Waals surface area contributed by atoms with Crippen molar-refractivity contribution in [1.82, 2.24) is 10.5 Å². The Balaban J connectivity index is 1.69. The van der Waals surface area contributed by atoms with Gasteiger partial charge in [-0.05, 0) is 25.7 Å². The molecule has 1 atom stereocenters. The molecule has 1 N–H and O–H groups in total. The van der Waals surface area contributed by atoms with E-state index in [4.69, 9.17) is 4.52 Å². The quantitative estimate of drug-likeness (QED) is 0.804. The topological polar surface area (TPSA) is 38.1 Å². The molecule has 1 aromatic heterocycles. The molecule has 0 amide bonds. The van der Waals surface area contributed by atoms with Gasteiger partial charge in [0.1, 0.15) is 0 Å². The highest BCUT2D eigenvalue weighted by molar-refractivity contribution is 5.04. The molecule has 1 unspecified atom stereocenters. The molecule has 16 heavy (non-hydrogen) atoms. The summed E-state index contributed by atoms with van der Waals surface area (Å²) in [7, 11) is 0. The van der Waals surface area contributed by atoms with Crippen LogP contribution in [0.1, 0.15) is 51.0 Å². The summed E-state index contributed by atoms with van der Waals surface area (Å²) in [6.07, 6.45) is 6.53. The molecule has 0 spiro atoms. The Bertz CT molecular complexity index is 317. The first-order valence-electron chi connectivity index (χ1n) is 6.45. The minimum atomic E-state index is 0.584. The highest BCUT2D eigenvalue weighted by atomic mass is 16.5. The molecule has 2 rings (SSSR count). The summed E-state index contributed by atoms with van der Waals surface area (Å²) in [6.45, 7) is 5.16. The third-order valence-electron chi connectivity index (χ3n) is 3.51. The molecule has 0 bridgehead atoms. The molecule has 1 fully saturated rings. The highest BCUT2D eigenvalue weighted by Gasteiger charge is 2.19. The van der Waals surface area contributed by atoms with Crippen LogP contribution in [0.2, 0.25) is 0 Å². The zero-order chi connectivity index (χ0) is 11.4. The molecule has 1 aliphatic carbocycles. The SMILES string of the molecule is CCc1cc(CNC(C)CC2CCC2)on1. The van der Waals surface area contributed by atoms with Gasteiger partial charge in [0.25, 0.3) is 0 Å². The number of rotatable bonds is 6. The zero-order valence-corrected chi connectivity index (χ0v) is 10.3. The van der Waals surface area contributed by atoms with Crippen molar-refractivity contribution in [3.63, 3.8) is 0 Å². The maximum Gasteiger partial charge on any atom is 0.150 e. The van der Waals surface area contributed by atoms with Gasteiger partial charge in [0.2, 0.25) is 0 Å². The normalized spacial score (nSPS) is 18.4. The summed E-state index contributed by atoms with van der Waals surface area (Å²) in [5, 5.41) is 7.49. The molecule has 1 saturated carbocycles. The van der Waals surface area contributed by atoms with Crippen LogP contribution in [0.4, 0.5) is 0 Å². The fourth-order valence-corrected chi connectivity index (χ4v) is 2.19. The van der Waals surface area contributed by atoms with Crippen LogP contribution < -0.4 is 5.32 Å². The summed E-state index contributed by atoms with van der Waals surface area (Å²) in [4.78, 5) is 0. The van der Waals surface area contributed by atoms with Crippen molar-refractivity contribution in [3.05, 3.63) is 17.5 Å². The molecule has 0 aromatic carbocycles. The van der Waals surface area contributed by atoms with Gasteiger partial charge in [-0.3, -0.25) is 0 Å². The third kappa shape index (κ3) is 3.08. The van der Waals surface area contributed by atoms with E-state index in [1.54, 1.807) is 0 Å². The van der Waals surface area contributed by atoms with Gasteiger partial charge in [0.05, 0.1) is 12.2 Å². The summed E-state index contributed by atoms with van der Waals surface area (Å²) >= 11 is 0. The minimum Gasteiger partial charge on any atom is -0.360 e. The van der Waals surface area contributed by atoms with Gasteiger partial charge >= 0.3 is 0 Å². The largest absolute Gasteiger partial charge is 0.360 e. The fourth-order valence-electron chi connectivity index (χ4n) is 2.19. The maximum absolute atomic E-state index is 5.24. The Hall–Kier alpha value is -0.830. The van der Waals surface area contributed by atoms with Crippen molar-refractivity contribution in [2.75, 3.05) is 0 Å². The lowest BCUT2D eigenvalue weighted by atomic mass is 9.81. The second kappa shape index (κ2) is 5.48. The van der Waals surface area contributed by atoms with E-state index in [0.29, 0.717) is 6.04 Å². The Kier molecular flexibility index (Phi) is 3.99. The van der Waals surface area contributed by atoms with E-state index in [1.165, 1.54) is 25.7 Å². The predicted octanol–water partition coefficient (Wildman–Crippen LogP) is 2.91. The van der Waals surface area contributed by atoms with E-state index in [9.17, 15) is 0 Å². The first-order chi connectivity index (χ1) is 7.78. The van der Waals surface area contributed by atoms with Crippen LogP contribution in [0.3, 0.4) is 0 Å². The summed E-state index contributed by atoms with van der Waals surface area (Å²) in [5.74, 6) is 1.92. The van der Waals surface area contributed by atoms with Gasteiger partial charge in [-0.15, -0.1) is 0 Å². The van der Waals surface area contributed by atoms with Crippen LogP contribution in [0.15, 0.2) is 10.6 Å². The van der Waals surface area contributed by atoms with Crippen LogP contribution in [0.25, 0.3) is 0 Å². The van der Waals surface area contributed by atoms with E-state index in [0.717, 1.165) is 30.3 Å². The van der Waals surface area contributed by atoms with Crippen LogP contribution in [-0.2, 0) is 13.0 Å². The molecule has 0 saturated heterocycles. The Morgan fingerprint density at radius 3 is 2.94 bits per heavy atom. The standard InChI is InChI=1S/C13H22N2O/c1-3-12-8-13(16-15-12)9-14-10(2)7-11-5-4-6-11/h8,10-11,14H,3-7,9H2,1-2H3. The molecule has 1 heterocycles. The van der Waals surface area contributed by atoms with E-state index in [2.05, 4.69) is 24.3 Å². The summed E-state index contributed by atoms with van der Waals surface area (Å²) in [5.41, 5.74) is 1.04. The van der Waals surface area contributed by atoms with Crippen molar-refractivity contribution in [1.29, 1.82) is 0 Å². The van der Waals surface area contributed by atoms with Crippen LogP contribution in [-0.4, -0.2) is 11.2 Å². The number of nitrogens with zero attached hydrogens (tertiary/aromatic N) is 1. The average Bonchev–Trinajstić information content (AvgIpc) is 2.68. The lowest BCUT2D eigenvalue weighted by molar-refractivity contribution is 0.261. The molecule has 1 aromatic rings. The van der Waals surface area contributed by atoms with Crippen molar-refractivity contribution in [3.8, 4) is 0 Å². The van der Waals surface area contributed by atoms with Gasteiger partial charge in [-0.25, -0.2) is 0 Å². The molecule has 3 nitrogen and oxygen atoms in total. The van der Waals surface area contributed by atoms with Crippen LogP contribution >= 0.6 is 0 Å². The number of hydrogen-bond acceptors (Lipinski definition) is 3. The van der Waals surface area contributed by atoms with Gasteiger partial charge in [-0.2, -0.15) is 0 Å². The third-order valence-corrected chi connectivity index (χ3v) is 3.51. The van der Waals surface area contributed by atoms with E-state index in [-0.39, 0.29) is 0 Å². The lowest BCUT2D eigenvalue weighted by Gasteiger charge is -2.28. The van der Waals surface area contributed by atoms with E-state index in [1.807, 2.05) is 6.07 Å². The minimum absolute atomic E-state index is 0.584. The second-order valence-corrected chi connectivity index (χ2v) is 4.95. The van der Waals surface area contributed by atoms with Crippen molar-refractivity contribution < 1.29 is 4.52 Å². The molecule has 1 aliphatic rings. The first kappa shape index (κ1) is 11.6. The second-order valence-electron chi connectivity index (χ2n) is 4.95. The van der Waals surface area contributed by atoms with E-state index < -0.39 is 0 Å². The van der Waals surface area contributed by atoms with Gasteiger partial charge in [0.15, 0.2) is 5.76 Å². The Morgan fingerprint density at radius 2 is 2.38 bits per heavy atom. The van der Waals surface area contributed by atoms with Crippen molar-refractivity contribution >= 4 is 0 Å². The van der Waals surface area contributed by atoms with Gasteiger partial charge in [0, 0.05) is 12.1 Å². The number of hydrogen-bond donors (Lipinski definition) is 1. The van der Waals surface area contributed by atoms with E-state index >= 15 is 0 Å². The molecular formula is C13H22N2O. The monoisotopic (exact) mass is 222 g/mol. The summed E-state index contributed by atoms with van der Waals surface area (Å²) in [6, 6.07) is 2.63. The molecule has 0 aliphatic heterocycles. The highest BCUT2D eigenvalue weighted by Crippen LogP contribution is 2.30. The Morgan fingerprint density at radius 1 is 1.56 bits per heavy atom. The van der Waals surface area contributed by atoms with Gasteiger partial charge in [-0.1, -0.05) is 31.3 Å². The smallest absolute Gasteiger partial charge is 0.150 e. The number of nitrogens with one attached hydrogen (secondary N) is 1. The molecule has 3 heteroatoms. The van der Waals surface area contributed by atoms with Crippen LogP contribution in [0, 0.1) is 5.92 Å². The molecule has 90 valence electrons. The zero-order valence-electron chi connectivity index (χ0n) is 10.3. The first-order valence-corrected chi connectivity index (χ1v) is 6.45. The molecular weight excluding hydrogens is 200 g/mol. The average molecular weight is 222 g/mol. The number of aryl methyl sites for hydroxylation is 1.